The number of carbonyl (C=O) groups excluding carboxylic acids is 1. The third-order valence-electron chi connectivity index (χ3n) is 5.48. The van der Waals surface area contributed by atoms with Crippen molar-refractivity contribution in [3.8, 4) is 11.1 Å². The van der Waals surface area contributed by atoms with Gasteiger partial charge >= 0.3 is 0 Å². The Morgan fingerprint density at radius 3 is 2.35 bits per heavy atom. The van der Waals surface area contributed by atoms with Crippen LogP contribution in [0.2, 0.25) is 24.7 Å². The molecule has 0 N–H and O–H groups in total. The molecule has 0 bridgehead atoms. The fraction of sp³-hybridized carbons (Fsp3) is 0.160. The van der Waals surface area contributed by atoms with Crippen molar-refractivity contribution < 1.29 is 4.79 Å². The van der Waals surface area contributed by atoms with Crippen LogP contribution in [0, 0.1) is 0 Å². The minimum atomic E-state index is -1.53. The quantitative estimate of drug-likeness (QED) is 0.326. The fourth-order valence-corrected chi connectivity index (χ4v) is 4.92. The summed E-state index contributed by atoms with van der Waals surface area (Å²) in [4.78, 5) is 30.2. The van der Waals surface area contributed by atoms with E-state index in [0.717, 1.165) is 16.5 Å². The van der Waals surface area contributed by atoms with E-state index in [1.54, 1.807) is 37.4 Å². The van der Waals surface area contributed by atoms with Gasteiger partial charge in [-0.3, -0.25) is 14.2 Å². The Kier molecular flexibility index (Phi) is 5.41. The van der Waals surface area contributed by atoms with Crippen molar-refractivity contribution in [1.82, 2.24) is 9.55 Å². The number of halogens is 1. The summed E-state index contributed by atoms with van der Waals surface area (Å²) in [6.45, 7) is 6.87. The van der Waals surface area contributed by atoms with Gasteiger partial charge in [0.2, 0.25) is 0 Å². The molecule has 0 fully saturated rings. The van der Waals surface area contributed by atoms with Crippen LogP contribution in [0.5, 0.6) is 0 Å². The van der Waals surface area contributed by atoms with Crippen LogP contribution < -0.4 is 10.7 Å². The van der Waals surface area contributed by atoms with Crippen molar-refractivity contribution in [2.24, 2.45) is 7.05 Å². The maximum atomic E-state index is 13.0. The minimum absolute atomic E-state index is 0.134. The van der Waals surface area contributed by atoms with Gasteiger partial charge in [0.05, 0.1) is 8.07 Å². The molecule has 0 saturated heterocycles. The smallest absolute Gasteiger partial charge is 0.252 e. The van der Waals surface area contributed by atoms with Crippen LogP contribution in [-0.2, 0) is 7.05 Å². The molecule has 4 rings (SSSR count). The molecular weight excluding hydrogens is 424 g/mol. The Balaban J connectivity index is 1.93. The van der Waals surface area contributed by atoms with Crippen LogP contribution in [0.1, 0.15) is 15.9 Å². The monoisotopic (exact) mass is 446 g/mol. The zero-order valence-electron chi connectivity index (χ0n) is 17.9. The first kappa shape index (κ1) is 21.2. The van der Waals surface area contributed by atoms with Crippen molar-refractivity contribution in [2.75, 3.05) is 0 Å². The molecule has 0 aliphatic heterocycles. The summed E-state index contributed by atoms with van der Waals surface area (Å²) >= 11 is 5.95. The molecule has 31 heavy (non-hydrogen) atoms. The summed E-state index contributed by atoms with van der Waals surface area (Å²) in [5.41, 5.74) is 3.17. The Labute approximate surface area is 187 Å². The third-order valence-corrected chi connectivity index (χ3v) is 7.78. The number of pyridine rings is 2. The molecule has 0 saturated carbocycles. The number of ketones is 1. The van der Waals surface area contributed by atoms with Crippen molar-refractivity contribution in [3.63, 3.8) is 0 Å². The predicted molar refractivity (Wildman–Crippen MR) is 130 cm³/mol. The summed E-state index contributed by atoms with van der Waals surface area (Å²) in [6.07, 6.45) is 1.53. The Hall–Kier alpha value is -3.02. The van der Waals surface area contributed by atoms with Gasteiger partial charge < -0.3 is 0 Å². The zero-order chi connectivity index (χ0) is 22.3. The Morgan fingerprint density at radius 1 is 0.968 bits per heavy atom. The number of benzene rings is 2. The topological polar surface area (TPSA) is 52.0 Å². The molecule has 0 atom stereocenters. The second-order valence-corrected chi connectivity index (χ2v) is 14.2. The molecule has 2 aromatic carbocycles. The lowest BCUT2D eigenvalue weighted by molar-refractivity contribution is 0.103. The molecule has 0 unspecified atom stereocenters. The van der Waals surface area contributed by atoms with E-state index in [1.807, 2.05) is 18.2 Å². The highest BCUT2D eigenvalue weighted by atomic mass is 35.5. The fourth-order valence-electron chi connectivity index (χ4n) is 3.61. The highest BCUT2D eigenvalue weighted by Gasteiger charge is 2.19. The second-order valence-electron chi connectivity index (χ2n) is 8.72. The molecule has 0 aliphatic rings. The van der Waals surface area contributed by atoms with Gasteiger partial charge in [-0.05, 0) is 41.5 Å². The van der Waals surface area contributed by atoms with Crippen LogP contribution in [-0.4, -0.2) is 23.4 Å². The van der Waals surface area contributed by atoms with Crippen LogP contribution in [0.3, 0.4) is 0 Å². The first-order valence-electron chi connectivity index (χ1n) is 10.1. The van der Waals surface area contributed by atoms with E-state index in [0.29, 0.717) is 21.8 Å². The predicted octanol–water partition coefficient (Wildman–Crippen LogP) is 5.03. The van der Waals surface area contributed by atoms with E-state index < -0.39 is 8.07 Å². The summed E-state index contributed by atoms with van der Waals surface area (Å²) in [5, 5.41) is 2.66. The molecule has 4 aromatic rings. The molecule has 156 valence electrons. The van der Waals surface area contributed by atoms with E-state index in [9.17, 15) is 9.59 Å². The number of carbonyl (C=O) groups is 1. The average Bonchev–Trinajstić information content (AvgIpc) is 2.75. The first-order chi connectivity index (χ1) is 14.6. The van der Waals surface area contributed by atoms with Gasteiger partial charge in [-0.2, -0.15) is 0 Å². The average molecular weight is 447 g/mol. The van der Waals surface area contributed by atoms with Gasteiger partial charge in [0.25, 0.3) is 5.56 Å². The molecule has 4 nitrogen and oxygen atoms in total. The summed E-state index contributed by atoms with van der Waals surface area (Å²) in [7, 11) is 0.164. The standard InChI is InChI=1S/C25H23ClN2O2Si/c1-28-23(29)14-21(17-6-5-7-20(12-17)31(2,3)4)22-13-18(15-27-25(22)28)24(30)16-8-10-19(26)11-9-16/h5-15H,1-4H3. The number of aryl methyl sites for hydroxylation is 1. The number of aromatic nitrogens is 2. The lowest BCUT2D eigenvalue weighted by Gasteiger charge is -2.18. The lowest BCUT2D eigenvalue weighted by Crippen LogP contribution is -2.37. The van der Waals surface area contributed by atoms with Crippen LogP contribution in [0.4, 0.5) is 0 Å². The molecule has 2 aromatic heterocycles. The van der Waals surface area contributed by atoms with E-state index in [2.05, 4.69) is 36.8 Å². The van der Waals surface area contributed by atoms with Gasteiger partial charge in [-0.25, -0.2) is 4.98 Å². The van der Waals surface area contributed by atoms with Gasteiger partial charge in [-0.15, -0.1) is 0 Å². The maximum absolute atomic E-state index is 13.0. The molecular formula is C25H23ClN2O2Si. The van der Waals surface area contributed by atoms with Gasteiger partial charge in [0.15, 0.2) is 5.78 Å². The van der Waals surface area contributed by atoms with Crippen molar-refractivity contribution in [3.05, 3.63) is 93.4 Å². The van der Waals surface area contributed by atoms with Crippen molar-refractivity contribution >= 4 is 41.7 Å². The van der Waals surface area contributed by atoms with E-state index >= 15 is 0 Å². The molecule has 2 heterocycles. The second kappa shape index (κ2) is 7.91. The number of nitrogens with zero attached hydrogens (tertiary/aromatic N) is 2. The van der Waals surface area contributed by atoms with Crippen LogP contribution in [0.25, 0.3) is 22.2 Å². The van der Waals surface area contributed by atoms with Crippen molar-refractivity contribution in [2.45, 2.75) is 19.6 Å². The van der Waals surface area contributed by atoms with Crippen LogP contribution in [0.15, 0.2) is 71.7 Å². The molecule has 6 heteroatoms. The van der Waals surface area contributed by atoms with Crippen molar-refractivity contribution in [1.29, 1.82) is 0 Å². The largest absolute Gasteiger partial charge is 0.296 e. The van der Waals surface area contributed by atoms with E-state index in [4.69, 9.17) is 11.6 Å². The Bertz CT molecular complexity index is 1370. The van der Waals surface area contributed by atoms with Crippen LogP contribution >= 0.6 is 11.6 Å². The number of hydrogen-bond acceptors (Lipinski definition) is 3. The maximum Gasteiger partial charge on any atom is 0.252 e. The minimum Gasteiger partial charge on any atom is -0.296 e. The Morgan fingerprint density at radius 2 is 1.68 bits per heavy atom. The summed E-state index contributed by atoms with van der Waals surface area (Å²) < 4.78 is 1.51. The molecule has 0 radical (unpaired) electrons. The summed E-state index contributed by atoms with van der Waals surface area (Å²) in [5.74, 6) is -0.137. The first-order valence-corrected chi connectivity index (χ1v) is 13.9. The van der Waals surface area contributed by atoms with Gasteiger partial charge in [0.1, 0.15) is 5.65 Å². The van der Waals surface area contributed by atoms with E-state index in [1.165, 1.54) is 16.0 Å². The molecule has 0 aliphatic carbocycles. The normalized spacial score (nSPS) is 11.6. The lowest BCUT2D eigenvalue weighted by atomic mass is 9.99. The number of rotatable bonds is 4. The highest BCUT2D eigenvalue weighted by molar-refractivity contribution is 6.88. The number of fused-ring (bicyclic) bond motifs is 1. The number of hydrogen-bond donors (Lipinski definition) is 0. The summed E-state index contributed by atoms with van der Waals surface area (Å²) in [6, 6.07) is 18.6. The molecule has 0 amide bonds. The SMILES string of the molecule is Cn1c(=O)cc(-c2cccc([Si](C)(C)C)c2)c2cc(C(=O)c3ccc(Cl)cc3)cnc21. The third kappa shape index (κ3) is 4.11. The van der Waals surface area contributed by atoms with Gasteiger partial charge in [-0.1, -0.05) is 60.7 Å². The van der Waals surface area contributed by atoms with Gasteiger partial charge in [0, 0.05) is 40.8 Å². The highest BCUT2D eigenvalue weighted by Crippen LogP contribution is 2.27. The molecule has 0 spiro atoms. The zero-order valence-corrected chi connectivity index (χ0v) is 19.7. The van der Waals surface area contributed by atoms with E-state index in [-0.39, 0.29) is 11.3 Å².